The number of aliphatic hydroxyl groups excluding tert-OH is 4. The minimum Gasteiger partial charge on any atom is -0.396 e. The second-order valence-corrected chi connectivity index (χ2v) is 39.2. The summed E-state index contributed by atoms with van der Waals surface area (Å²) in [6, 6.07) is 30.0. The molecule has 45 heteroatoms. The van der Waals surface area contributed by atoms with E-state index in [1.165, 1.54) is 6.42 Å². The van der Waals surface area contributed by atoms with E-state index in [1.807, 2.05) is 165 Å². The van der Waals surface area contributed by atoms with E-state index in [9.17, 15) is 25.5 Å². The lowest BCUT2D eigenvalue weighted by Crippen LogP contribution is -2.46. The smallest absolute Gasteiger partial charge is 0.227 e. The number of nitrogens with one attached hydrogen (secondary N) is 7. The predicted molar refractivity (Wildman–Crippen MR) is 550 cm³/mol. The molecule has 3 fully saturated rings. The molecule has 140 heavy (non-hydrogen) atoms. The van der Waals surface area contributed by atoms with Gasteiger partial charge in [-0.1, -0.05) is 27.7 Å². The first-order chi connectivity index (χ1) is 67.8. The molecule has 0 bridgehead atoms. The number of nitrogens with zero attached hydrogens (tertiary/aromatic N) is 23. The summed E-state index contributed by atoms with van der Waals surface area (Å²) in [5, 5.41) is 95.0. The minimum absolute atomic E-state index is 0.0294. The Morgan fingerprint density at radius 3 is 0.957 bits per heavy atom. The molecular weight excluding hydrogens is 2120 g/mol. The van der Waals surface area contributed by atoms with Crippen molar-refractivity contribution in [2.75, 3.05) is 134 Å². The lowest BCUT2D eigenvalue weighted by Gasteiger charge is -2.36. The summed E-state index contributed by atoms with van der Waals surface area (Å²) in [5.41, 5.74) is 8.21. The average molecular weight is 2250 g/mol. The highest BCUT2D eigenvalue weighted by Crippen LogP contribution is 2.37. The Morgan fingerprint density at radius 1 is 0.386 bits per heavy atom. The van der Waals surface area contributed by atoms with E-state index in [0.717, 1.165) is 185 Å². The number of piperidine rings is 2. The number of fused-ring (bicyclic) bond motifs is 5. The highest BCUT2D eigenvalue weighted by atomic mass is 79.9. The Labute approximate surface area is 853 Å². The van der Waals surface area contributed by atoms with Crippen LogP contribution >= 0.6 is 79.6 Å². The molecule has 744 valence electrons. The van der Waals surface area contributed by atoms with Crippen LogP contribution in [0.25, 0.3) is 28.2 Å². The van der Waals surface area contributed by atoms with Crippen LogP contribution in [0.15, 0.2) is 206 Å². The second-order valence-electron chi connectivity index (χ2n) is 35.0. The van der Waals surface area contributed by atoms with E-state index in [4.69, 9.17) is 39.1 Å². The molecule has 0 saturated carbocycles. The number of hydrogen-bond acceptors (Lipinski definition) is 30. The summed E-state index contributed by atoms with van der Waals surface area (Å²) in [6.07, 6.45) is 36.9. The lowest BCUT2D eigenvalue weighted by atomic mass is 9.97. The monoisotopic (exact) mass is 2240 g/mol. The van der Waals surface area contributed by atoms with Crippen LogP contribution in [0.5, 0.6) is 0 Å². The van der Waals surface area contributed by atoms with E-state index in [2.05, 4.69) is 201 Å². The molecule has 3 aliphatic rings. The molecule has 0 amide bonds. The maximum atomic E-state index is 10.6. The van der Waals surface area contributed by atoms with Gasteiger partial charge in [0.15, 0.2) is 28.2 Å². The first kappa shape index (κ1) is 104. The van der Waals surface area contributed by atoms with Crippen LogP contribution in [0, 0.1) is 11.8 Å². The highest BCUT2D eigenvalue weighted by Gasteiger charge is 2.38. The van der Waals surface area contributed by atoms with Gasteiger partial charge in [0.25, 0.3) is 0 Å². The normalized spacial score (nSPS) is 15.2. The summed E-state index contributed by atoms with van der Waals surface area (Å²) in [6.45, 7) is 18.1. The zero-order valence-electron chi connectivity index (χ0n) is 80.2. The number of halogens is 5. The van der Waals surface area contributed by atoms with Crippen molar-refractivity contribution in [3.05, 3.63) is 234 Å². The number of anilines is 10. The van der Waals surface area contributed by atoms with E-state index in [0.29, 0.717) is 61.7 Å². The van der Waals surface area contributed by atoms with E-state index in [-0.39, 0.29) is 62.4 Å². The Bertz CT molecular complexity index is 6430. The van der Waals surface area contributed by atoms with E-state index >= 15 is 0 Å². The van der Waals surface area contributed by atoms with Gasteiger partial charge in [0, 0.05) is 177 Å². The Morgan fingerprint density at radius 2 is 0.671 bits per heavy atom. The van der Waals surface area contributed by atoms with Crippen LogP contribution in [0.4, 0.5) is 58.2 Å². The molecule has 18 rings (SSSR count). The van der Waals surface area contributed by atoms with Crippen LogP contribution in [-0.4, -0.2) is 216 Å². The standard InChI is InChI=1S/2C20H26BrN6O2.C19H24BrN6O2.2C18H24BrN6O2/c1-20(2,28)16-7-5-9-26(16)18-10-17(27-19(24-18)15(21)12-23-27)22-11-14-6-4-8-25(13-14)29-3;1-29-25-8-4-5-15(14-25)12-22-18-11-19(24-20-17(21)13-23-27(18)20)26-9-3-2-6-16(26)7-10-28;1-28-24-7-4-5-14(12-24)10-21-17-9-18(23-19-16(20)11-22-26(17)19)25-8-3-2-6-15(25)13-27;2*1-12(2)15(11-26)22-16-7-17(25-18(23-16)14(19)9-21-25)20-8-13-5-4-6-24(10-13)27-3/h4,6,8,10,12-13,16,22,28H,5,7,9,11H2,1-3H3;4-5,8,11,13-14,16,22,28H,2-3,6-7,9-10,12H2,1H3;4-5,7,9,11-12,15,21,27H,2-3,6,8,10,13H2,1H3;2*4-7,9-10,12,15,20,26H,8,11H2,1-3H3,(H,22,23)/q5*+1/t16-;;;2*15-/m0..10/s1. The summed E-state index contributed by atoms with van der Waals surface area (Å²) >= 11 is 17.6. The molecule has 3 aliphatic heterocycles. The van der Waals surface area contributed by atoms with Crippen molar-refractivity contribution in [3.8, 4) is 0 Å². The first-order valence-corrected chi connectivity index (χ1v) is 50.4. The van der Waals surface area contributed by atoms with Crippen LogP contribution in [0.1, 0.15) is 127 Å². The fraction of sp³-hybridized carbons (Fsp3) is 0.421. The Balaban J connectivity index is 0.000000139. The minimum atomic E-state index is -0.798. The van der Waals surface area contributed by atoms with Gasteiger partial charge in [0.05, 0.1) is 103 Å². The predicted octanol–water partition coefficient (Wildman–Crippen LogP) is 9.94. The number of pyridine rings is 5. The quantitative estimate of drug-likeness (QED) is 0.0164. The van der Waals surface area contributed by atoms with Gasteiger partial charge in [-0.3, -0.25) is 24.2 Å². The van der Waals surface area contributed by atoms with Crippen LogP contribution in [-0.2, 0) is 32.7 Å². The number of hydrogen-bond donors (Lipinski definition) is 12. The SMILES string of the molecule is CO[n+]1cccc(CNc2cc(N3CCCCC3CCO)nc3c(Br)cnn23)c1.CO[n+]1cccc(CNc2cc(N3CCCCC3CO)nc3c(Br)cnn23)c1.CO[n+]1cccc(CNc2cc(N3CCC[C@H]3C(C)(C)O)nc3c(Br)cnn23)c1.CO[n+]1cccc(CNc2cc(N[C@@H](CO)C(C)C)nc3c(Br)cnn23)c1.CO[n+]1cccc(CNc2cc(N[C@H](CO)C(C)C)nc3c(Br)cnn23)c1. The number of aliphatic hydroxyl groups is 5. The zero-order valence-corrected chi connectivity index (χ0v) is 88.1. The topological polar surface area (TPSA) is 412 Å². The van der Waals surface area contributed by atoms with Gasteiger partial charge in [-0.15, -0.1) is 0 Å². The van der Waals surface area contributed by atoms with Crippen LogP contribution < -0.4 is 99.8 Å². The van der Waals surface area contributed by atoms with Crippen molar-refractivity contribution in [2.24, 2.45) is 11.8 Å². The fourth-order valence-corrected chi connectivity index (χ4v) is 18.4. The third kappa shape index (κ3) is 26.4. The number of rotatable bonds is 35. The number of aromatic nitrogens is 20. The molecule has 0 radical (unpaired) electrons. The summed E-state index contributed by atoms with van der Waals surface area (Å²) in [5.74, 6) is 8.65. The van der Waals surface area contributed by atoms with Crippen molar-refractivity contribution in [1.82, 2.24) is 73.0 Å². The molecule has 2 unspecified atom stereocenters. The lowest BCUT2D eigenvalue weighted by molar-refractivity contribution is -0.885. The van der Waals surface area contributed by atoms with E-state index < -0.39 is 5.60 Å². The molecular formula is C95H124Br5N30O10+5. The third-order valence-corrected chi connectivity index (χ3v) is 27.1. The van der Waals surface area contributed by atoms with Crippen LogP contribution in [0.3, 0.4) is 0 Å². The molecule has 0 spiro atoms. The molecule has 0 aromatic carbocycles. The molecule has 15 aromatic heterocycles. The van der Waals surface area contributed by atoms with Gasteiger partial charge in [-0.05, 0) is 193 Å². The summed E-state index contributed by atoms with van der Waals surface area (Å²) in [7, 11) is 8.14. The molecule has 3 saturated heterocycles. The molecule has 0 aliphatic carbocycles. The molecule has 40 nitrogen and oxygen atoms in total. The molecule has 18 heterocycles. The maximum absolute atomic E-state index is 10.6. The van der Waals surface area contributed by atoms with Gasteiger partial charge < -0.3 is 77.4 Å². The summed E-state index contributed by atoms with van der Waals surface area (Å²) < 4.78 is 21.3. The Kier molecular flexibility index (Phi) is 36.7. The highest BCUT2D eigenvalue weighted by molar-refractivity contribution is 9.11. The van der Waals surface area contributed by atoms with Crippen molar-refractivity contribution in [3.63, 3.8) is 0 Å². The summed E-state index contributed by atoms with van der Waals surface area (Å²) in [4.78, 5) is 56.6. The van der Waals surface area contributed by atoms with Crippen molar-refractivity contribution in [1.29, 1.82) is 0 Å². The third-order valence-electron chi connectivity index (χ3n) is 24.3. The van der Waals surface area contributed by atoms with Crippen molar-refractivity contribution in [2.45, 2.75) is 168 Å². The fourth-order valence-electron chi connectivity index (χ4n) is 16.7. The van der Waals surface area contributed by atoms with Crippen molar-refractivity contribution < 1.29 is 73.4 Å². The van der Waals surface area contributed by atoms with Gasteiger partial charge in [0.1, 0.15) is 93.7 Å². The average Bonchev–Trinajstić information content (AvgIpc) is 1.61. The van der Waals surface area contributed by atoms with Gasteiger partial charge in [-0.2, -0.15) is 48.1 Å². The van der Waals surface area contributed by atoms with Gasteiger partial charge >= 0.3 is 0 Å². The molecule has 15 aromatic rings. The van der Waals surface area contributed by atoms with E-state index in [1.54, 1.807) is 108 Å². The molecule has 12 N–H and O–H groups in total. The van der Waals surface area contributed by atoms with Crippen LogP contribution in [0.2, 0.25) is 0 Å². The first-order valence-electron chi connectivity index (χ1n) is 46.4. The maximum Gasteiger partial charge on any atom is 0.227 e. The second kappa shape index (κ2) is 49.4. The van der Waals surface area contributed by atoms with Gasteiger partial charge in [-0.25, -0.2) is 24.9 Å². The molecule has 5 atom stereocenters. The van der Waals surface area contributed by atoms with Gasteiger partial charge in [0.2, 0.25) is 62.0 Å². The largest absolute Gasteiger partial charge is 0.396 e. The Hall–Kier alpha value is -12.0. The zero-order chi connectivity index (χ0) is 99.1. The van der Waals surface area contributed by atoms with Crippen molar-refractivity contribution >= 4 is 166 Å².